The molecule has 0 aromatic heterocycles. The number of β-lactam (4-membered cyclic amide) rings is 1. The van der Waals surface area contributed by atoms with Crippen molar-refractivity contribution in [2.24, 2.45) is 0 Å². The number of ether oxygens (including phenoxy) is 1. The van der Waals surface area contributed by atoms with Crippen molar-refractivity contribution < 1.29 is 32.1 Å². The van der Waals surface area contributed by atoms with E-state index in [1.807, 2.05) is 6.07 Å². The molecule has 1 saturated heterocycles. The molecule has 2 atom stereocenters. The summed E-state index contributed by atoms with van der Waals surface area (Å²) in [5.74, 6) is -1.70. The third kappa shape index (κ3) is 6.52. The van der Waals surface area contributed by atoms with Crippen LogP contribution in [0.4, 0.5) is 4.79 Å². The second-order valence-corrected chi connectivity index (χ2v) is 7.79. The molecule has 12 heteroatoms. The molecular weight excluding hydrogens is 437 g/mol. The summed E-state index contributed by atoms with van der Waals surface area (Å²) in [6.07, 6.45) is -0.845. The summed E-state index contributed by atoms with van der Waals surface area (Å²) in [6, 6.07) is 14.9. The Morgan fingerprint density at radius 3 is 2.23 bits per heavy atom. The number of alkyl carbamates (subject to hydrolysis) is 1. The number of benzene rings is 2. The Balaban J connectivity index is 0.00000341. The Hall–Kier alpha value is -2.44. The second-order valence-electron chi connectivity index (χ2n) is 6.46. The van der Waals surface area contributed by atoms with Crippen molar-refractivity contribution in [3.05, 3.63) is 71.8 Å². The zero-order valence-corrected chi connectivity index (χ0v) is 16.4. The summed E-state index contributed by atoms with van der Waals surface area (Å²) in [5.41, 5.74) is 1.20. The van der Waals surface area contributed by atoms with E-state index in [0.29, 0.717) is 5.56 Å². The van der Waals surface area contributed by atoms with E-state index in [1.165, 1.54) is 0 Å². The van der Waals surface area contributed by atoms with E-state index < -0.39 is 46.8 Å². The quantitative estimate of drug-likeness (QED) is 0.305. The van der Waals surface area contributed by atoms with E-state index in [4.69, 9.17) is 9.29 Å². The summed E-state index contributed by atoms with van der Waals surface area (Å²) in [7, 11) is -4.67. The molecule has 31 heavy (non-hydrogen) atoms. The van der Waals surface area contributed by atoms with Crippen LogP contribution < -0.4 is 10.6 Å². The monoisotopic (exact) mass is 457 g/mol. The van der Waals surface area contributed by atoms with Gasteiger partial charge < -0.3 is 15.4 Å². The average molecular weight is 457 g/mol. The standard InChI is InChI=1S/C19H19N3O7S.Na.H/c23-17(20-15-11-22(18(15)24)30(26,27)28)16(14-9-5-2-6-10-14)21-19(25)29-12-13-7-3-1-4-8-13;;/h1-10,15-16H,11-12H2,(H,20,23)(H,21,25)(H,26,27,28);;. The third-order valence-corrected chi connectivity index (χ3v) is 5.24. The number of rotatable bonds is 7. The number of amides is 3. The van der Waals surface area contributed by atoms with Crippen LogP contribution in [0.5, 0.6) is 0 Å². The molecule has 0 saturated carbocycles. The number of carbonyl (C=O) groups is 3. The third-order valence-electron chi connectivity index (χ3n) is 4.36. The summed E-state index contributed by atoms with van der Waals surface area (Å²) in [4.78, 5) is 36.8. The minimum absolute atomic E-state index is 0. The molecule has 3 amide bonds. The van der Waals surface area contributed by atoms with E-state index in [1.54, 1.807) is 54.6 Å². The Kier molecular flexibility index (Phi) is 8.60. The van der Waals surface area contributed by atoms with E-state index in [0.717, 1.165) is 5.56 Å². The van der Waals surface area contributed by atoms with Crippen LogP contribution in [-0.2, 0) is 31.2 Å². The molecule has 2 aromatic rings. The maximum atomic E-state index is 12.7. The summed E-state index contributed by atoms with van der Waals surface area (Å²) < 4.78 is 36.3. The van der Waals surface area contributed by atoms with E-state index >= 15 is 0 Å². The topological polar surface area (TPSA) is 142 Å². The number of nitrogens with zero attached hydrogens (tertiary/aromatic N) is 1. The van der Waals surface area contributed by atoms with Gasteiger partial charge in [-0.05, 0) is 11.1 Å². The van der Waals surface area contributed by atoms with Gasteiger partial charge in [-0.1, -0.05) is 60.7 Å². The molecule has 1 fully saturated rings. The first kappa shape index (κ1) is 24.8. The fraction of sp³-hybridized carbons (Fsp3) is 0.211. The molecule has 0 radical (unpaired) electrons. The predicted molar refractivity (Wildman–Crippen MR) is 111 cm³/mol. The molecule has 3 N–H and O–H groups in total. The normalized spacial score (nSPS) is 16.4. The van der Waals surface area contributed by atoms with Gasteiger partial charge in [0.15, 0.2) is 0 Å². The fourth-order valence-corrected chi connectivity index (χ4v) is 3.49. The summed E-state index contributed by atoms with van der Waals surface area (Å²) >= 11 is 0. The van der Waals surface area contributed by atoms with E-state index in [2.05, 4.69) is 10.6 Å². The van der Waals surface area contributed by atoms with Gasteiger partial charge in [0.05, 0.1) is 6.54 Å². The van der Waals surface area contributed by atoms with Gasteiger partial charge in [0.25, 0.3) is 5.91 Å². The van der Waals surface area contributed by atoms with Crippen LogP contribution in [-0.4, -0.2) is 77.3 Å². The molecule has 2 unspecified atom stereocenters. The minimum atomic E-state index is -4.67. The van der Waals surface area contributed by atoms with Gasteiger partial charge in [0.2, 0.25) is 5.91 Å². The number of hydrogen-bond donors (Lipinski definition) is 3. The summed E-state index contributed by atoms with van der Waals surface area (Å²) in [6.45, 7) is -0.399. The van der Waals surface area contributed by atoms with Crippen molar-refractivity contribution in [3.63, 3.8) is 0 Å². The van der Waals surface area contributed by atoms with Gasteiger partial charge in [-0.15, -0.1) is 0 Å². The molecule has 1 heterocycles. The molecule has 1 aliphatic heterocycles. The fourth-order valence-electron chi connectivity index (χ4n) is 2.79. The van der Waals surface area contributed by atoms with Crippen LogP contribution in [0.25, 0.3) is 0 Å². The van der Waals surface area contributed by atoms with Gasteiger partial charge in [0, 0.05) is 0 Å². The number of carbonyl (C=O) groups excluding carboxylic acids is 3. The van der Waals surface area contributed by atoms with Crippen LogP contribution in [0.2, 0.25) is 0 Å². The first-order chi connectivity index (χ1) is 14.3. The van der Waals surface area contributed by atoms with Crippen molar-refractivity contribution in [2.45, 2.75) is 18.7 Å². The van der Waals surface area contributed by atoms with Gasteiger partial charge >= 0.3 is 46.0 Å². The van der Waals surface area contributed by atoms with Crippen LogP contribution in [0.15, 0.2) is 60.7 Å². The molecule has 3 rings (SSSR count). The molecule has 160 valence electrons. The Bertz CT molecular complexity index is 1030. The Labute approximate surface area is 201 Å². The van der Waals surface area contributed by atoms with Crippen molar-refractivity contribution >= 4 is 57.8 Å². The van der Waals surface area contributed by atoms with Crippen molar-refractivity contribution in [2.75, 3.05) is 6.54 Å². The number of nitrogens with one attached hydrogen (secondary N) is 2. The molecule has 0 bridgehead atoms. The predicted octanol–water partition coefficient (Wildman–Crippen LogP) is 0.135. The molecule has 1 aliphatic rings. The van der Waals surface area contributed by atoms with Crippen LogP contribution in [0.1, 0.15) is 17.2 Å². The SMILES string of the molecule is O=C(NC(C(=O)NC1CN(S(=O)(=O)O)C1=O)c1ccccc1)OCc1ccccc1.[NaH]. The van der Waals surface area contributed by atoms with Gasteiger partial charge in [-0.2, -0.15) is 8.42 Å². The van der Waals surface area contributed by atoms with Crippen LogP contribution in [0.3, 0.4) is 0 Å². The molecule has 2 aromatic carbocycles. The van der Waals surface area contributed by atoms with E-state index in [9.17, 15) is 22.8 Å². The van der Waals surface area contributed by atoms with E-state index in [-0.39, 0.29) is 40.5 Å². The van der Waals surface area contributed by atoms with Crippen molar-refractivity contribution in [1.29, 1.82) is 0 Å². The first-order valence-corrected chi connectivity index (χ1v) is 10.3. The van der Waals surface area contributed by atoms with Gasteiger partial charge in [-0.3, -0.25) is 14.1 Å². The number of hydrogen-bond acceptors (Lipinski definition) is 6. The molecular formula is C19H20N3NaO7S. The Morgan fingerprint density at radius 1 is 1.10 bits per heavy atom. The zero-order chi connectivity index (χ0) is 21.7. The second kappa shape index (κ2) is 10.7. The van der Waals surface area contributed by atoms with Gasteiger partial charge in [-0.25, -0.2) is 9.10 Å². The Morgan fingerprint density at radius 2 is 1.68 bits per heavy atom. The molecule has 0 spiro atoms. The average Bonchev–Trinajstić information content (AvgIpc) is 2.73. The van der Waals surface area contributed by atoms with Crippen LogP contribution >= 0.6 is 0 Å². The zero-order valence-electron chi connectivity index (χ0n) is 15.6. The molecule has 0 aliphatic carbocycles. The van der Waals surface area contributed by atoms with Crippen molar-refractivity contribution in [1.82, 2.24) is 14.9 Å². The van der Waals surface area contributed by atoms with Crippen LogP contribution in [0, 0.1) is 0 Å². The van der Waals surface area contributed by atoms with Crippen molar-refractivity contribution in [3.8, 4) is 0 Å². The molecule has 10 nitrogen and oxygen atoms in total. The van der Waals surface area contributed by atoms with Gasteiger partial charge in [0.1, 0.15) is 18.7 Å². The first-order valence-electron chi connectivity index (χ1n) is 8.87. The summed E-state index contributed by atoms with van der Waals surface area (Å²) in [5, 5.41) is 4.82. The maximum absolute atomic E-state index is 12.7.